The molecule has 2 aromatic rings. The molecule has 116 valence electrons. The third-order valence-electron chi connectivity index (χ3n) is 3.13. The van der Waals surface area contributed by atoms with E-state index in [1.54, 1.807) is 23.1 Å². The summed E-state index contributed by atoms with van der Waals surface area (Å²) >= 11 is 4.34. The topological polar surface area (TPSA) is 61.8 Å². The molecule has 1 aliphatic heterocycles. The SMILES string of the molecule is O=C1CN(c2ccccc2)/C(=N/NC(=O)c2cccc(Br)c2)S1. The van der Waals surface area contributed by atoms with Crippen LogP contribution in [0.1, 0.15) is 10.4 Å². The molecule has 1 fully saturated rings. The lowest BCUT2D eigenvalue weighted by molar-refractivity contribution is -0.109. The zero-order chi connectivity index (χ0) is 16.2. The first-order valence-electron chi connectivity index (χ1n) is 6.80. The highest BCUT2D eigenvalue weighted by Crippen LogP contribution is 2.26. The standard InChI is InChI=1S/C16H12BrN3O2S/c17-12-6-4-5-11(9-12)15(22)18-19-16-20(10-14(21)23-16)13-7-2-1-3-8-13/h1-9H,10H2,(H,18,22)/b19-16-. The minimum absolute atomic E-state index is 0.00990. The fourth-order valence-electron chi connectivity index (χ4n) is 2.07. The smallest absolute Gasteiger partial charge is 0.271 e. The summed E-state index contributed by atoms with van der Waals surface area (Å²) in [5.74, 6) is -0.327. The van der Waals surface area contributed by atoms with E-state index in [2.05, 4.69) is 26.5 Å². The van der Waals surface area contributed by atoms with E-state index in [0.29, 0.717) is 10.7 Å². The second-order valence-electron chi connectivity index (χ2n) is 4.74. The first-order chi connectivity index (χ1) is 11.1. The lowest BCUT2D eigenvalue weighted by atomic mass is 10.2. The lowest BCUT2D eigenvalue weighted by Gasteiger charge is -2.16. The van der Waals surface area contributed by atoms with Gasteiger partial charge in [-0.15, -0.1) is 5.10 Å². The van der Waals surface area contributed by atoms with Crippen molar-refractivity contribution in [2.24, 2.45) is 5.10 Å². The van der Waals surface area contributed by atoms with Crippen LogP contribution in [0.2, 0.25) is 0 Å². The first-order valence-corrected chi connectivity index (χ1v) is 8.41. The van der Waals surface area contributed by atoms with E-state index in [1.807, 2.05) is 36.4 Å². The maximum Gasteiger partial charge on any atom is 0.271 e. The number of carbonyl (C=O) groups excluding carboxylic acids is 2. The zero-order valence-corrected chi connectivity index (χ0v) is 14.3. The van der Waals surface area contributed by atoms with Crippen LogP contribution < -0.4 is 10.3 Å². The molecule has 0 spiro atoms. The predicted octanol–water partition coefficient (Wildman–Crippen LogP) is 3.23. The van der Waals surface area contributed by atoms with Gasteiger partial charge >= 0.3 is 0 Å². The van der Waals surface area contributed by atoms with Crippen molar-refractivity contribution in [3.8, 4) is 0 Å². The van der Waals surface area contributed by atoms with Crippen molar-refractivity contribution in [1.82, 2.24) is 5.43 Å². The molecule has 2 aromatic carbocycles. The average molecular weight is 390 g/mol. The molecule has 0 aliphatic carbocycles. The second-order valence-corrected chi connectivity index (χ2v) is 6.68. The van der Waals surface area contributed by atoms with E-state index < -0.39 is 0 Å². The molecule has 7 heteroatoms. The van der Waals surface area contributed by atoms with Crippen LogP contribution in [0.4, 0.5) is 5.69 Å². The summed E-state index contributed by atoms with van der Waals surface area (Å²) < 4.78 is 0.814. The highest BCUT2D eigenvalue weighted by molar-refractivity contribution is 9.10. The van der Waals surface area contributed by atoms with Gasteiger partial charge in [0.1, 0.15) is 0 Å². The number of benzene rings is 2. The summed E-state index contributed by atoms with van der Waals surface area (Å²) in [5, 5.41) is 4.56. The normalized spacial score (nSPS) is 16.0. The molecular weight excluding hydrogens is 378 g/mol. The number of hydrogen-bond acceptors (Lipinski definition) is 4. The van der Waals surface area contributed by atoms with Gasteiger partial charge in [0, 0.05) is 15.7 Å². The number of nitrogens with one attached hydrogen (secondary N) is 1. The van der Waals surface area contributed by atoms with Crippen molar-refractivity contribution < 1.29 is 9.59 Å². The van der Waals surface area contributed by atoms with Crippen molar-refractivity contribution in [1.29, 1.82) is 0 Å². The number of halogens is 1. The maximum atomic E-state index is 12.1. The van der Waals surface area contributed by atoms with Crippen molar-refractivity contribution >= 4 is 49.6 Å². The number of hydrazone groups is 1. The number of carbonyl (C=O) groups is 2. The molecule has 0 unspecified atom stereocenters. The summed E-state index contributed by atoms with van der Waals surface area (Å²) in [7, 11) is 0. The molecule has 0 saturated carbocycles. The van der Waals surface area contributed by atoms with Gasteiger partial charge in [-0.1, -0.05) is 40.2 Å². The number of hydrogen-bond donors (Lipinski definition) is 1. The Morgan fingerprint density at radius 3 is 2.70 bits per heavy atom. The van der Waals surface area contributed by atoms with Gasteiger partial charge in [0.05, 0.1) is 6.54 Å². The largest absolute Gasteiger partial charge is 0.311 e. The van der Waals surface area contributed by atoms with Crippen LogP contribution in [-0.4, -0.2) is 22.7 Å². The molecule has 1 amide bonds. The Morgan fingerprint density at radius 1 is 1.17 bits per heavy atom. The number of nitrogens with zero attached hydrogens (tertiary/aromatic N) is 2. The van der Waals surface area contributed by atoms with Crippen molar-refractivity contribution in [2.75, 3.05) is 11.4 Å². The highest BCUT2D eigenvalue weighted by Gasteiger charge is 2.28. The molecule has 1 saturated heterocycles. The van der Waals surface area contributed by atoms with Gasteiger partial charge in [0.2, 0.25) is 5.12 Å². The Balaban J connectivity index is 1.78. The van der Waals surface area contributed by atoms with Crippen LogP contribution >= 0.6 is 27.7 Å². The van der Waals surface area contributed by atoms with Crippen molar-refractivity contribution in [3.63, 3.8) is 0 Å². The fourth-order valence-corrected chi connectivity index (χ4v) is 3.24. The molecule has 0 atom stereocenters. The first kappa shape index (κ1) is 15.8. The van der Waals surface area contributed by atoms with E-state index in [-0.39, 0.29) is 17.6 Å². The van der Waals surface area contributed by atoms with Crippen molar-refractivity contribution in [2.45, 2.75) is 0 Å². The van der Waals surface area contributed by atoms with Gasteiger partial charge < -0.3 is 4.90 Å². The van der Waals surface area contributed by atoms with E-state index in [1.165, 1.54) is 0 Å². The molecule has 0 bridgehead atoms. The Labute approximate surface area is 145 Å². The van der Waals surface area contributed by atoms with Gasteiger partial charge in [-0.3, -0.25) is 9.59 Å². The summed E-state index contributed by atoms with van der Waals surface area (Å²) in [5.41, 5.74) is 3.85. The maximum absolute atomic E-state index is 12.1. The minimum Gasteiger partial charge on any atom is -0.311 e. The van der Waals surface area contributed by atoms with Gasteiger partial charge in [0.25, 0.3) is 5.91 Å². The number of para-hydroxylation sites is 1. The van der Waals surface area contributed by atoms with Crippen LogP contribution in [0.15, 0.2) is 64.2 Å². The quantitative estimate of drug-likeness (QED) is 0.818. The summed E-state index contributed by atoms with van der Waals surface area (Å²) in [6.45, 7) is 0.236. The Kier molecular flexibility index (Phi) is 4.78. The molecule has 1 aliphatic rings. The molecule has 5 nitrogen and oxygen atoms in total. The highest BCUT2D eigenvalue weighted by atomic mass is 79.9. The molecule has 0 radical (unpaired) electrons. The minimum atomic E-state index is -0.327. The Morgan fingerprint density at radius 2 is 1.96 bits per heavy atom. The Bertz CT molecular complexity index is 780. The van der Waals surface area contributed by atoms with Gasteiger partial charge in [0.15, 0.2) is 5.17 Å². The molecule has 23 heavy (non-hydrogen) atoms. The molecule has 1 N–H and O–H groups in total. The Hall–Kier alpha value is -2.12. The van der Waals surface area contributed by atoms with Crippen LogP contribution in [0.3, 0.4) is 0 Å². The van der Waals surface area contributed by atoms with E-state index in [9.17, 15) is 9.59 Å². The zero-order valence-electron chi connectivity index (χ0n) is 11.9. The molecule has 0 aromatic heterocycles. The van der Waals surface area contributed by atoms with E-state index in [0.717, 1.165) is 21.9 Å². The third-order valence-corrected chi connectivity index (χ3v) is 4.48. The molecule has 3 rings (SSSR count). The lowest BCUT2D eigenvalue weighted by Crippen LogP contribution is -2.28. The average Bonchev–Trinajstić information content (AvgIpc) is 2.94. The summed E-state index contributed by atoms with van der Waals surface area (Å²) in [6.07, 6.45) is 0. The number of amides is 1. The van der Waals surface area contributed by atoms with Crippen LogP contribution in [-0.2, 0) is 4.79 Å². The second kappa shape index (κ2) is 6.97. The van der Waals surface area contributed by atoms with Crippen LogP contribution in [0, 0.1) is 0 Å². The third kappa shape index (κ3) is 3.80. The monoisotopic (exact) mass is 389 g/mol. The summed E-state index contributed by atoms with van der Waals surface area (Å²) in [6, 6.07) is 16.5. The van der Waals surface area contributed by atoms with E-state index in [4.69, 9.17) is 0 Å². The van der Waals surface area contributed by atoms with Gasteiger partial charge in [-0.05, 0) is 42.1 Å². The molecular formula is C16H12BrN3O2S. The number of anilines is 1. The van der Waals surface area contributed by atoms with Gasteiger partial charge in [-0.25, -0.2) is 5.43 Å². The van der Waals surface area contributed by atoms with Crippen LogP contribution in [0.5, 0.6) is 0 Å². The van der Waals surface area contributed by atoms with E-state index >= 15 is 0 Å². The predicted molar refractivity (Wildman–Crippen MR) is 95.4 cm³/mol. The van der Waals surface area contributed by atoms with Crippen LogP contribution in [0.25, 0.3) is 0 Å². The van der Waals surface area contributed by atoms with Gasteiger partial charge in [-0.2, -0.15) is 0 Å². The molecule has 1 heterocycles. The van der Waals surface area contributed by atoms with Crippen molar-refractivity contribution in [3.05, 3.63) is 64.6 Å². The number of amidine groups is 1. The number of thioether (sulfide) groups is 1. The summed E-state index contributed by atoms with van der Waals surface area (Å²) in [4.78, 5) is 25.6. The number of rotatable bonds is 3. The fraction of sp³-hybridized carbons (Fsp3) is 0.0625.